The molecule has 1 aromatic heterocycles. The molecule has 49 heavy (non-hydrogen) atoms. The highest BCUT2D eigenvalue weighted by atomic mass is 16.3. The number of hydrogen-bond donors (Lipinski definition) is 1. The molecule has 0 amide bonds. The van der Waals surface area contributed by atoms with E-state index in [1.165, 1.54) is 0 Å². The molecule has 0 saturated carbocycles. The van der Waals surface area contributed by atoms with Crippen molar-refractivity contribution in [2.24, 2.45) is 9.98 Å². The average molecular weight is 645 g/mol. The number of nitrogens with one attached hydrogen (secondary N) is 1. The molecule has 1 unspecified atom stereocenters. The maximum Gasteiger partial charge on any atom is 0.169 e. The molecule has 1 aliphatic heterocycles. The molecular weight excluding hydrogens is 599 g/mol. The van der Waals surface area contributed by atoms with Gasteiger partial charge >= 0.3 is 0 Å². The Balaban J connectivity index is 1.22. The quantitative estimate of drug-likeness (QED) is 0.196. The van der Waals surface area contributed by atoms with E-state index in [0.29, 0.717) is 17.0 Å². The van der Waals surface area contributed by atoms with E-state index in [1.54, 1.807) is 24.3 Å². The Morgan fingerprint density at radius 1 is 0.449 bits per heavy atom. The Kier molecular flexibility index (Phi) is 4.26. The fourth-order valence-corrected chi connectivity index (χ4v) is 5.53. The van der Waals surface area contributed by atoms with Crippen molar-refractivity contribution in [3.63, 3.8) is 0 Å². The van der Waals surface area contributed by atoms with Crippen molar-refractivity contribution in [1.29, 1.82) is 0 Å². The molecule has 1 atom stereocenters. The van der Waals surface area contributed by atoms with Crippen LogP contribution < -0.4 is 5.32 Å². The van der Waals surface area contributed by atoms with Crippen molar-refractivity contribution in [1.82, 2.24) is 5.32 Å². The average Bonchev–Trinajstić information content (AvgIpc) is 3.72. The largest absolute Gasteiger partial charge is 0.456 e. The van der Waals surface area contributed by atoms with E-state index < -0.39 is 125 Å². The van der Waals surface area contributed by atoms with Crippen LogP contribution in [0.2, 0.25) is 0 Å². The first-order chi connectivity index (χ1) is 30.5. The van der Waals surface area contributed by atoms with Crippen molar-refractivity contribution in [2.75, 3.05) is 0 Å². The van der Waals surface area contributed by atoms with E-state index in [9.17, 15) is 8.22 Å². The van der Waals surface area contributed by atoms with Gasteiger partial charge in [0.2, 0.25) is 0 Å². The number of aliphatic imine (C=N–C) groups is 2. The number of para-hydroxylation sites is 1. The minimum absolute atomic E-state index is 0.0677. The fourth-order valence-electron chi connectivity index (χ4n) is 5.53. The van der Waals surface area contributed by atoms with Crippen LogP contribution in [0.4, 0.5) is 0 Å². The lowest BCUT2D eigenvalue weighted by Crippen LogP contribution is -2.36. The molecule has 0 spiro atoms. The molecule has 9 rings (SSSR count). The van der Waals surface area contributed by atoms with Crippen LogP contribution >= 0.6 is 0 Å². The van der Waals surface area contributed by atoms with Gasteiger partial charge in [0.25, 0.3) is 0 Å². The molecule has 2 heterocycles. The monoisotopic (exact) mass is 644 g/mol. The maximum absolute atomic E-state index is 9.50. The molecule has 4 nitrogen and oxygen atoms in total. The number of nitrogens with zero attached hydrogens (tertiary/aromatic N) is 2. The molecule has 8 aromatic rings. The third-order valence-corrected chi connectivity index (χ3v) is 7.97. The maximum atomic E-state index is 9.50. The lowest BCUT2D eigenvalue weighted by Gasteiger charge is -2.23. The minimum Gasteiger partial charge on any atom is -0.456 e. The van der Waals surface area contributed by atoms with Gasteiger partial charge < -0.3 is 9.73 Å². The predicted molar refractivity (Wildman–Crippen MR) is 202 cm³/mol. The van der Waals surface area contributed by atoms with E-state index >= 15 is 0 Å². The Morgan fingerprint density at radius 3 is 1.78 bits per heavy atom. The van der Waals surface area contributed by atoms with Gasteiger partial charge in [-0.05, 0) is 63.1 Å². The summed E-state index contributed by atoms with van der Waals surface area (Å²) >= 11 is 0. The van der Waals surface area contributed by atoms with Crippen LogP contribution in [0, 0.1) is 0 Å². The van der Waals surface area contributed by atoms with Gasteiger partial charge in [0.05, 0.1) is 20.6 Å². The van der Waals surface area contributed by atoms with Gasteiger partial charge in [0, 0.05) is 21.9 Å². The van der Waals surface area contributed by atoms with E-state index in [0.717, 1.165) is 11.1 Å². The number of furan rings is 1. The second kappa shape index (κ2) is 12.3. The summed E-state index contributed by atoms with van der Waals surface area (Å²) in [6, 6.07) is 16.0. The highest BCUT2D eigenvalue weighted by Crippen LogP contribution is 2.33. The predicted octanol–water partition coefficient (Wildman–Crippen LogP) is 11.1. The molecule has 0 fully saturated rings. The molecule has 1 aliphatic rings. The minimum atomic E-state index is -0.892. The number of amidine groups is 2. The van der Waals surface area contributed by atoms with E-state index in [1.807, 2.05) is 60.7 Å². The highest BCUT2D eigenvalue weighted by molar-refractivity contribution is 6.16. The van der Waals surface area contributed by atoms with Crippen molar-refractivity contribution >= 4 is 33.6 Å². The second-order valence-corrected chi connectivity index (χ2v) is 11.1. The normalized spacial score (nSPS) is 18.6. The molecule has 232 valence electrons. The Bertz CT molecular complexity index is 3320. The standard InChI is InChI=1S/C45H31N3O/c1-3-10-30(11-4-1)31-22-24-35(25-23-31)44-46-43(34-12-5-2-6-13-34)47-45(48-44)38-15-9-14-36(28-38)32-18-20-33(21-19-32)37-26-27-42-40(29-37)39-16-7-8-17-41(39)49-42/h1-29,43H,(H,46,47,48)/i7D,8D,9D,14D,15D,16D,17D,18D,19D,20D,21D,26D,27D,28D,29D. The van der Waals surface area contributed by atoms with Crippen molar-refractivity contribution in [3.8, 4) is 33.4 Å². The summed E-state index contributed by atoms with van der Waals surface area (Å²) in [4.78, 5) is 9.62. The summed E-state index contributed by atoms with van der Waals surface area (Å²) in [6.45, 7) is 0. The number of rotatable bonds is 6. The van der Waals surface area contributed by atoms with Gasteiger partial charge in [0.1, 0.15) is 22.8 Å². The fraction of sp³-hybridized carbons (Fsp3) is 0.0222. The molecule has 4 heteroatoms. The topological polar surface area (TPSA) is 49.9 Å². The lowest BCUT2D eigenvalue weighted by molar-refractivity contribution is 0.669. The third-order valence-electron chi connectivity index (χ3n) is 7.97. The lowest BCUT2D eigenvalue weighted by atomic mass is 9.98. The first kappa shape index (κ1) is 17.0. The van der Waals surface area contributed by atoms with Crippen LogP contribution in [0.15, 0.2) is 190 Å². The van der Waals surface area contributed by atoms with Gasteiger partial charge in [0.15, 0.2) is 6.17 Å². The molecule has 0 saturated heterocycles. The van der Waals surface area contributed by atoms with E-state index in [-0.39, 0.29) is 27.8 Å². The van der Waals surface area contributed by atoms with Gasteiger partial charge in [-0.1, -0.05) is 151 Å². The smallest absolute Gasteiger partial charge is 0.169 e. The first-order valence-electron chi connectivity index (χ1n) is 22.8. The van der Waals surface area contributed by atoms with Crippen LogP contribution in [0.5, 0.6) is 0 Å². The second-order valence-electron chi connectivity index (χ2n) is 11.1. The Hall–Kier alpha value is -6.52. The summed E-state index contributed by atoms with van der Waals surface area (Å²) < 4.78 is 139. The van der Waals surface area contributed by atoms with Crippen molar-refractivity contribution in [2.45, 2.75) is 6.17 Å². The summed E-state index contributed by atoms with van der Waals surface area (Å²) in [7, 11) is 0. The molecule has 1 N–H and O–H groups in total. The zero-order valence-electron chi connectivity index (χ0n) is 40.5. The molecule has 0 radical (unpaired) electrons. The van der Waals surface area contributed by atoms with Crippen molar-refractivity contribution in [3.05, 3.63) is 192 Å². The number of benzene rings is 7. The van der Waals surface area contributed by atoms with Crippen molar-refractivity contribution < 1.29 is 25.0 Å². The SMILES string of the molecule is [2H]c1c([2H])c(C2=NC(c3ccccc3)N=C(c3ccc(-c4ccccc4)cc3)N2)c([2H])c(-c2c([2H])c([2H])c(-c3c([2H])c([2H])c4oc5c([2H])c([2H])c([2H])c([2H])c5c4c3[2H])c([2H])c2[2H])c1[2H]. The van der Waals surface area contributed by atoms with Crippen LogP contribution in [0.3, 0.4) is 0 Å². The summed E-state index contributed by atoms with van der Waals surface area (Å²) in [5.74, 6) is 0.250. The molecule has 0 aliphatic carbocycles. The summed E-state index contributed by atoms with van der Waals surface area (Å²) in [6.07, 6.45) is -0.892. The van der Waals surface area contributed by atoms with Crippen LogP contribution in [0.25, 0.3) is 55.3 Å². The molecule has 0 bridgehead atoms. The van der Waals surface area contributed by atoms with Gasteiger partial charge in [-0.15, -0.1) is 0 Å². The van der Waals surface area contributed by atoms with Crippen LogP contribution in [0.1, 0.15) is 43.4 Å². The zero-order valence-corrected chi connectivity index (χ0v) is 25.5. The number of fused-ring (bicyclic) bond motifs is 3. The molecular formula is C45H31N3O. The van der Waals surface area contributed by atoms with Gasteiger partial charge in [-0.25, -0.2) is 9.98 Å². The van der Waals surface area contributed by atoms with Gasteiger partial charge in [-0.3, -0.25) is 0 Å². The van der Waals surface area contributed by atoms with E-state index in [4.69, 9.17) is 26.7 Å². The number of hydrogen-bond acceptors (Lipinski definition) is 4. The van der Waals surface area contributed by atoms with Crippen LogP contribution in [-0.4, -0.2) is 11.7 Å². The summed E-state index contributed by atoms with van der Waals surface area (Å²) in [5.41, 5.74) is -0.0291. The Labute approximate surface area is 305 Å². The summed E-state index contributed by atoms with van der Waals surface area (Å²) in [5, 5.41) is 2.57. The molecule has 7 aromatic carbocycles. The first-order valence-corrected chi connectivity index (χ1v) is 15.3. The Morgan fingerprint density at radius 2 is 1.02 bits per heavy atom. The van der Waals surface area contributed by atoms with Crippen LogP contribution in [-0.2, 0) is 0 Å². The van der Waals surface area contributed by atoms with Gasteiger partial charge in [-0.2, -0.15) is 0 Å². The highest BCUT2D eigenvalue weighted by Gasteiger charge is 2.21. The van der Waals surface area contributed by atoms with E-state index in [2.05, 4.69) is 5.32 Å². The third kappa shape index (κ3) is 5.60. The zero-order chi connectivity index (χ0) is 45.6.